The lowest BCUT2D eigenvalue weighted by Crippen LogP contribution is -2.52. The maximum absolute atomic E-state index is 12.3. The van der Waals surface area contributed by atoms with Gasteiger partial charge in [-0.2, -0.15) is 0 Å². The molecular weight excluding hydrogens is 254 g/mol. The van der Waals surface area contributed by atoms with Crippen molar-refractivity contribution in [1.82, 2.24) is 15.1 Å². The first-order valence-electron chi connectivity index (χ1n) is 7.83. The molecule has 0 aromatic rings. The monoisotopic (exact) mass is 281 g/mol. The highest BCUT2D eigenvalue weighted by atomic mass is 16.2. The molecule has 0 aliphatic carbocycles. The van der Waals surface area contributed by atoms with Gasteiger partial charge in [-0.1, -0.05) is 0 Å². The molecule has 0 saturated carbocycles. The highest BCUT2D eigenvalue weighted by Gasteiger charge is 2.25. The van der Waals surface area contributed by atoms with Gasteiger partial charge in [-0.15, -0.1) is 0 Å². The maximum atomic E-state index is 12.3. The van der Waals surface area contributed by atoms with Crippen molar-refractivity contribution in [1.29, 1.82) is 0 Å². The van der Waals surface area contributed by atoms with Crippen LogP contribution < -0.4 is 5.32 Å². The van der Waals surface area contributed by atoms with E-state index in [0.717, 1.165) is 52.0 Å². The molecule has 2 heterocycles. The van der Waals surface area contributed by atoms with Crippen molar-refractivity contribution in [2.75, 3.05) is 32.7 Å². The predicted molar refractivity (Wildman–Crippen MR) is 78.3 cm³/mol. The lowest BCUT2D eigenvalue weighted by molar-refractivity contribution is -0.135. The number of carbonyl (C=O) groups is 2. The van der Waals surface area contributed by atoms with Crippen molar-refractivity contribution in [3.63, 3.8) is 0 Å². The second-order valence-electron chi connectivity index (χ2n) is 6.13. The van der Waals surface area contributed by atoms with E-state index >= 15 is 0 Å². The number of hydrogen-bond acceptors (Lipinski definition) is 3. The van der Waals surface area contributed by atoms with E-state index in [9.17, 15) is 9.59 Å². The lowest BCUT2D eigenvalue weighted by atomic mass is 9.92. The highest BCUT2D eigenvalue weighted by Crippen LogP contribution is 2.22. The summed E-state index contributed by atoms with van der Waals surface area (Å²) in [7, 11) is 0. The van der Waals surface area contributed by atoms with Gasteiger partial charge < -0.3 is 15.1 Å². The van der Waals surface area contributed by atoms with Gasteiger partial charge in [0.15, 0.2) is 0 Å². The summed E-state index contributed by atoms with van der Waals surface area (Å²) < 4.78 is 0. The number of rotatable bonds is 3. The second-order valence-corrected chi connectivity index (χ2v) is 6.13. The van der Waals surface area contributed by atoms with Crippen molar-refractivity contribution < 1.29 is 9.59 Å². The molecule has 114 valence electrons. The van der Waals surface area contributed by atoms with Gasteiger partial charge in [0.2, 0.25) is 11.8 Å². The fourth-order valence-corrected chi connectivity index (χ4v) is 3.22. The number of piperazine rings is 1. The summed E-state index contributed by atoms with van der Waals surface area (Å²) in [4.78, 5) is 27.5. The van der Waals surface area contributed by atoms with E-state index in [1.165, 1.54) is 0 Å². The number of carbonyl (C=O) groups excluding carboxylic acids is 2. The lowest BCUT2D eigenvalue weighted by Gasteiger charge is -2.35. The zero-order valence-electron chi connectivity index (χ0n) is 12.7. The summed E-state index contributed by atoms with van der Waals surface area (Å²) in [5.41, 5.74) is 0. The largest absolute Gasteiger partial charge is 0.343 e. The molecule has 1 atom stereocenters. The molecule has 2 saturated heterocycles. The SMILES string of the molecule is CC(=O)N1CCC(CCC(=O)N2CCNC[C@H]2C)CC1. The normalized spacial score (nSPS) is 24.8. The molecule has 5 nitrogen and oxygen atoms in total. The van der Waals surface area contributed by atoms with E-state index in [1.807, 2.05) is 9.80 Å². The minimum absolute atomic E-state index is 0.175. The van der Waals surface area contributed by atoms with Gasteiger partial charge in [0.05, 0.1) is 0 Å². The van der Waals surface area contributed by atoms with E-state index < -0.39 is 0 Å². The van der Waals surface area contributed by atoms with Crippen LogP contribution in [-0.4, -0.2) is 60.4 Å². The molecule has 2 fully saturated rings. The van der Waals surface area contributed by atoms with Gasteiger partial charge >= 0.3 is 0 Å². The third-order valence-electron chi connectivity index (χ3n) is 4.65. The van der Waals surface area contributed by atoms with Crippen LogP contribution in [0.25, 0.3) is 0 Å². The van der Waals surface area contributed by atoms with E-state index in [2.05, 4.69) is 12.2 Å². The van der Waals surface area contributed by atoms with Crippen LogP contribution >= 0.6 is 0 Å². The van der Waals surface area contributed by atoms with Crippen molar-refractivity contribution in [3.8, 4) is 0 Å². The average molecular weight is 281 g/mol. The van der Waals surface area contributed by atoms with Crippen LogP contribution in [0.5, 0.6) is 0 Å². The van der Waals surface area contributed by atoms with Gasteiger partial charge in [0, 0.05) is 52.1 Å². The Hall–Kier alpha value is -1.10. The van der Waals surface area contributed by atoms with Crippen LogP contribution in [0, 0.1) is 5.92 Å². The van der Waals surface area contributed by atoms with Crippen LogP contribution in [0.4, 0.5) is 0 Å². The molecule has 2 rings (SSSR count). The Morgan fingerprint density at radius 3 is 2.50 bits per heavy atom. The zero-order chi connectivity index (χ0) is 14.5. The van der Waals surface area contributed by atoms with Crippen molar-refractivity contribution >= 4 is 11.8 Å². The molecule has 2 aliphatic rings. The first kappa shape index (κ1) is 15.3. The molecule has 5 heteroatoms. The Labute approximate surface area is 121 Å². The number of hydrogen-bond donors (Lipinski definition) is 1. The Morgan fingerprint density at radius 1 is 1.20 bits per heavy atom. The van der Waals surface area contributed by atoms with E-state index in [0.29, 0.717) is 24.3 Å². The average Bonchev–Trinajstić information content (AvgIpc) is 2.45. The van der Waals surface area contributed by atoms with Crippen molar-refractivity contribution in [3.05, 3.63) is 0 Å². The molecule has 0 radical (unpaired) electrons. The topological polar surface area (TPSA) is 52.7 Å². The van der Waals surface area contributed by atoms with E-state index in [4.69, 9.17) is 0 Å². The zero-order valence-corrected chi connectivity index (χ0v) is 12.7. The summed E-state index contributed by atoms with van der Waals surface area (Å²) in [6, 6.07) is 0.316. The van der Waals surface area contributed by atoms with Gasteiger partial charge in [-0.3, -0.25) is 9.59 Å². The van der Waals surface area contributed by atoms with Crippen molar-refractivity contribution in [2.45, 2.75) is 45.6 Å². The minimum atomic E-state index is 0.175. The molecule has 0 aromatic carbocycles. The van der Waals surface area contributed by atoms with Gasteiger partial charge in [0.25, 0.3) is 0 Å². The molecule has 0 unspecified atom stereocenters. The number of likely N-dealkylation sites (tertiary alicyclic amines) is 1. The molecule has 20 heavy (non-hydrogen) atoms. The van der Waals surface area contributed by atoms with Crippen LogP contribution in [0.3, 0.4) is 0 Å². The molecule has 0 spiro atoms. The van der Waals surface area contributed by atoms with Crippen molar-refractivity contribution in [2.24, 2.45) is 5.92 Å². The molecule has 0 bridgehead atoms. The number of piperidine rings is 1. The molecule has 2 amide bonds. The molecular formula is C15H27N3O2. The van der Waals surface area contributed by atoms with Gasteiger partial charge in [-0.05, 0) is 32.1 Å². The summed E-state index contributed by atoms with van der Waals surface area (Å²) in [5, 5.41) is 3.31. The van der Waals surface area contributed by atoms with Crippen LogP contribution in [0.1, 0.15) is 39.5 Å². The fourth-order valence-electron chi connectivity index (χ4n) is 3.22. The summed E-state index contributed by atoms with van der Waals surface area (Å²) >= 11 is 0. The van der Waals surface area contributed by atoms with Crippen LogP contribution in [0.15, 0.2) is 0 Å². The first-order chi connectivity index (χ1) is 9.58. The van der Waals surface area contributed by atoms with Crippen LogP contribution in [-0.2, 0) is 9.59 Å². The summed E-state index contributed by atoms with van der Waals surface area (Å²) in [6.07, 6.45) is 3.73. The smallest absolute Gasteiger partial charge is 0.222 e. The number of nitrogens with one attached hydrogen (secondary N) is 1. The fraction of sp³-hybridized carbons (Fsp3) is 0.867. The Kier molecular flexibility index (Phi) is 5.40. The molecule has 1 N–H and O–H groups in total. The Balaban J connectivity index is 1.70. The minimum Gasteiger partial charge on any atom is -0.343 e. The predicted octanol–water partition coefficient (Wildman–Crippen LogP) is 0.845. The van der Waals surface area contributed by atoms with Gasteiger partial charge in [-0.25, -0.2) is 0 Å². The summed E-state index contributed by atoms with van der Waals surface area (Å²) in [6.45, 7) is 8.11. The van der Waals surface area contributed by atoms with E-state index in [-0.39, 0.29) is 5.91 Å². The second kappa shape index (κ2) is 7.07. The third-order valence-corrected chi connectivity index (χ3v) is 4.65. The summed E-state index contributed by atoms with van der Waals surface area (Å²) in [5.74, 6) is 1.08. The Bertz CT molecular complexity index is 351. The molecule has 0 aromatic heterocycles. The number of amides is 2. The Morgan fingerprint density at radius 2 is 1.90 bits per heavy atom. The van der Waals surface area contributed by atoms with Gasteiger partial charge in [0.1, 0.15) is 0 Å². The maximum Gasteiger partial charge on any atom is 0.222 e. The highest BCUT2D eigenvalue weighted by molar-refractivity contribution is 5.76. The molecule has 2 aliphatic heterocycles. The quantitative estimate of drug-likeness (QED) is 0.834. The third kappa shape index (κ3) is 3.95. The standard InChI is InChI=1S/C15H27N3O2/c1-12-11-16-7-10-18(12)15(20)4-3-14-5-8-17(9-6-14)13(2)19/h12,14,16H,3-11H2,1-2H3/t12-/m1/s1. The van der Waals surface area contributed by atoms with E-state index in [1.54, 1.807) is 6.92 Å². The van der Waals surface area contributed by atoms with Crippen LogP contribution in [0.2, 0.25) is 0 Å². The first-order valence-corrected chi connectivity index (χ1v) is 7.83. The number of nitrogens with zero attached hydrogens (tertiary/aromatic N) is 2.